The van der Waals surface area contributed by atoms with E-state index in [2.05, 4.69) is 31.3 Å². The normalized spacial score (nSPS) is 10.8. The number of hydrogen-bond donors (Lipinski definition) is 1. The summed E-state index contributed by atoms with van der Waals surface area (Å²) in [5.41, 5.74) is 4.88. The summed E-state index contributed by atoms with van der Waals surface area (Å²) in [5.74, 6) is 0.705. The molecule has 0 aliphatic carbocycles. The van der Waals surface area contributed by atoms with Gasteiger partial charge in [0.25, 0.3) is 0 Å². The third-order valence-electron chi connectivity index (χ3n) is 4.48. The number of ether oxygens (including phenoxy) is 1. The summed E-state index contributed by atoms with van der Waals surface area (Å²) in [6.45, 7) is 4.20. The van der Waals surface area contributed by atoms with E-state index in [0.29, 0.717) is 0 Å². The van der Waals surface area contributed by atoms with Crippen molar-refractivity contribution in [1.82, 2.24) is 0 Å². The molecule has 2 aromatic carbocycles. The number of carbonyl (C=O) groups excluding carboxylic acids is 1. The second kappa shape index (κ2) is 7.43. The van der Waals surface area contributed by atoms with Crippen LogP contribution in [0, 0.1) is 0 Å². The number of benzene rings is 2. The van der Waals surface area contributed by atoms with Gasteiger partial charge in [0.15, 0.2) is 0 Å². The van der Waals surface area contributed by atoms with Crippen LogP contribution < -0.4 is 10.1 Å². The molecule has 1 heterocycles. The number of rotatable bonds is 6. The lowest BCUT2D eigenvalue weighted by Gasteiger charge is -2.14. The molecule has 0 spiro atoms. The van der Waals surface area contributed by atoms with E-state index in [9.17, 15) is 4.79 Å². The fourth-order valence-electron chi connectivity index (χ4n) is 3.09. The van der Waals surface area contributed by atoms with Crippen molar-refractivity contribution >= 4 is 22.6 Å². The van der Waals surface area contributed by atoms with Gasteiger partial charge in [0.1, 0.15) is 11.3 Å². The number of para-hydroxylation sites is 1. The summed E-state index contributed by atoms with van der Waals surface area (Å²) in [4.78, 5) is 12.6. The topological polar surface area (TPSA) is 51.5 Å². The number of anilines is 1. The minimum absolute atomic E-state index is 0.0332. The Hall–Kier alpha value is -2.75. The van der Waals surface area contributed by atoms with Crippen LogP contribution in [-0.2, 0) is 24.1 Å². The lowest BCUT2D eigenvalue weighted by atomic mass is 10.0. The molecule has 3 rings (SSSR count). The molecule has 0 unspecified atom stereocenters. The lowest BCUT2D eigenvalue weighted by Crippen LogP contribution is -2.16. The maximum atomic E-state index is 12.6. The molecule has 4 nitrogen and oxygen atoms in total. The number of carbonyl (C=O) groups is 1. The van der Waals surface area contributed by atoms with Crippen molar-refractivity contribution in [3.63, 3.8) is 0 Å². The minimum atomic E-state index is -0.0332. The van der Waals surface area contributed by atoms with Gasteiger partial charge in [-0.05, 0) is 36.1 Å². The van der Waals surface area contributed by atoms with Crippen LogP contribution in [-0.4, -0.2) is 13.0 Å². The van der Waals surface area contributed by atoms with E-state index in [1.165, 1.54) is 0 Å². The van der Waals surface area contributed by atoms with Crippen LogP contribution in [0.5, 0.6) is 5.75 Å². The quantitative estimate of drug-likeness (QED) is 0.706. The average Bonchev–Trinajstić information content (AvgIpc) is 3.03. The van der Waals surface area contributed by atoms with Gasteiger partial charge >= 0.3 is 0 Å². The second-order valence-electron chi connectivity index (χ2n) is 6.01. The Balaban J connectivity index is 1.82. The number of hydrogen-bond acceptors (Lipinski definition) is 3. The molecule has 1 N–H and O–H groups in total. The molecule has 25 heavy (non-hydrogen) atoms. The molecule has 0 aliphatic rings. The van der Waals surface area contributed by atoms with Crippen molar-refractivity contribution in [1.29, 1.82) is 0 Å². The van der Waals surface area contributed by atoms with Crippen LogP contribution in [0.2, 0.25) is 0 Å². The number of furan rings is 1. The zero-order valence-electron chi connectivity index (χ0n) is 14.9. The lowest BCUT2D eigenvalue weighted by molar-refractivity contribution is -0.115. The van der Waals surface area contributed by atoms with E-state index < -0.39 is 0 Å². The van der Waals surface area contributed by atoms with Crippen LogP contribution in [0.4, 0.5) is 5.69 Å². The van der Waals surface area contributed by atoms with Crippen LogP contribution in [0.1, 0.15) is 30.5 Å². The van der Waals surface area contributed by atoms with Crippen molar-refractivity contribution in [3.8, 4) is 5.75 Å². The molecule has 3 aromatic rings. The Morgan fingerprint density at radius 1 is 1.08 bits per heavy atom. The van der Waals surface area contributed by atoms with Crippen molar-refractivity contribution in [2.24, 2.45) is 0 Å². The van der Waals surface area contributed by atoms with E-state index in [-0.39, 0.29) is 12.3 Å². The van der Waals surface area contributed by atoms with Gasteiger partial charge in [0.2, 0.25) is 5.91 Å². The van der Waals surface area contributed by atoms with E-state index in [1.54, 1.807) is 13.4 Å². The molecule has 1 amide bonds. The molecule has 4 heteroatoms. The van der Waals surface area contributed by atoms with E-state index in [1.807, 2.05) is 24.3 Å². The SMILES string of the molecule is CCc1cccc(CC)c1NC(=O)Cc1coc2cc(OC)ccc12. The summed E-state index contributed by atoms with van der Waals surface area (Å²) < 4.78 is 10.8. The van der Waals surface area contributed by atoms with Gasteiger partial charge in [-0.15, -0.1) is 0 Å². The number of fused-ring (bicyclic) bond motifs is 1. The van der Waals surface area contributed by atoms with Gasteiger partial charge in [0.05, 0.1) is 19.8 Å². The molecule has 0 atom stereocenters. The smallest absolute Gasteiger partial charge is 0.228 e. The summed E-state index contributed by atoms with van der Waals surface area (Å²) in [6, 6.07) is 11.8. The highest BCUT2D eigenvalue weighted by Crippen LogP contribution is 2.27. The molecule has 0 saturated carbocycles. The summed E-state index contributed by atoms with van der Waals surface area (Å²) in [6.07, 6.45) is 3.70. The largest absolute Gasteiger partial charge is 0.497 e. The first kappa shape index (κ1) is 17.1. The number of aryl methyl sites for hydroxylation is 2. The van der Waals surface area contributed by atoms with E-state index in [4.69, 9.17) is 9.15 Å². The Labute approximate surface area is 147 Å². The Bertz CT molecular complexity index is 873. The predicted octanol–water partition coefficient (Wildman–Crippen LogP) is 4.75. The van der Waals surface area contributed by atoms with Crippen molar-refractivity contribution in [3.05, 3.63) is 59.4 Å². The first-order valence-corrected chi connectivity index (χ1v) is 8.61. The Kier molecular flexibility index (Phi) is 5.08. The molecule has 0 radical (unpaired) electrons. The number of methoxy groups -OCH3 is 1. The molecule has 1 aromatic heterocycles. The maximum absolute atomic E-state index is 12.6. The maximum Gasteiger partial charge on any atom is 0.228 e. The van der Waals surface area contributed by atoms with Gasteiger partial charge in [-0.1, -0.05) is 32.0 Å². The van der Waals surface area contributed by atoms with Crippen molar-refractivity contribution < 1.29 is 13.9 Å². The Morgan fingerprint density at radius 3 is 2.44 bits per heavy atom. The highest BCUT2D eigenvalue weighted by molar-refractivity contribution is 5.96. The zero-order chi connectivity index (χ0) is 17.8. The van der Waals surface area contributed by atoms with Crippen molar-refractivity contribution in [2.45, 2.75) is 33.1 Å². The predicted molar refractivity (Wildman–Crippen MR) is 100 cm³/mol. The molecule has 0 aliphatic heterocycles. The zero-order valence-corrected chi connectivity index (χ0v) is 14.9. The number of nitrogens with one attached hydrogen (secondary N) is 1. The van der Waals surface area contributed by atoms with Gasteiger partial charge in [-0.25, -0.2) is 0 Å². The monoisotopic (exact) mass is 337 g/mol. The molecule has 0 saturated heterocycles. The highest BCUT2D eigenvalue weighted by atomic mass is 16.5. The van der Waals surface area contributed by atoms with E-state index in [0.717, 1.165) is 51.9 Å². The van der Waals surface area contributed by atoms with E-state index >= 15 is 0 Å². The van der Waals surface area contributed by atoms with Gasteiger partial charge in [-0.2, -0.15) is 0 Å². The van der Waals surface area contributed by atoms with Crippen LogP contribution >= 0.6 is 0 Å². The standard InChI is InChI=1S/C21H23NO3/c1-4-14-7-6-8-15(5-2)21(14)22-20(23)11-16-13-25-19-12-17(24-3)9-10-18(16)19/h6-10,12-13H,4-5,11H2,1-3H3,(H,22,23). The van der Waals surface area contributed by atoms with Crippen LogP contribution in [0.15, 0.2) is 47.1 Å². The summed E-state index contributed by atoms with van der Waals surface area (Å²) in [5, 5.41) is 4.04. The molecule has 0 bridgehead atoms. The van der Waals surface area contributed by atoms with Crippen LogP contribution in [0.3, 0.4) is 0 Å². The van der Waals surface area contributed by atoms with Gasteiger partial charge < -0.3 is 14.5 Å². The summed E-state index contributed by atoms with van der Waals surface area (Å²) >= 11 is 0. The second-order valence-corrected chi connectivity index (χ2v) is 6.01. The highest BCUT2D eigenvalue weighted by Gasteiger charge is 2.14. The Morgan fingerprint density at radius 2 is 1.80 bits per heavy atom. The van der Waals surface area contributed by atoms with Crippen molar-refractivity contribution in [2.75, 3.05) is 12.4 Å². The van der Waals surface area contributed by atoms with Crippen LogP contribution in [0.25, 0.3) is 11.0 Å². The minimum Gasteiger partial charge on any atom is -0.497 e. The summed E-state index contributed by atoms with van der Waals surface area (Å²) in [7, 11) is 1.62. The molecule has 0 fully saturated rings. The third-order valence-corrected chi connectivity index (χ3v) is 4.48. The molecular formula is C21H23NO3. The fourth-order valence-corrected chi connectivity index (χ4v) is 3.09. The molecule has 130 valence electrons. The average molecular weight is 337 g/mol. The van der Waals surface area contributed by atoms with Gasteiger partial charge in [-0.3, -0.25) is 4.79 Å². The first-order chi connectivity index (χ1) is 12.2. The fraction of sp³-hybridized carbons (Fsp3) is 0.286. The number of amides is 1. The van der Waals surface area contributed by atoms with Gasteiger partial charge in [0, 0.05) is 22.7 Å². The third kappa shape index (κ3) is 3.53. The molecular weight excluding hydrogens is 314 g/mol. The first-order valence-electron chi connectivity index (χ1n) is 8.61.